The van der Waals surface area contributed by atoms with Crippen LogP contribution in [0.4, 0.5) is 0 Å². The first-order chi connectivity index (χ1) is 10.6. The molecule has 0 heterocycles. The van der Waals surface area contributed by atoms with E-state index in [2.05, 4.69) is 52.4 Å². The number of nitrogens with one attached hydrogen (secondary N) is 1. The third-order valence-corrected chi connectivity index (χ3v) is 4.50. The van der Waals surface area contributed by atoms with Crippen LogP contribution in [0.1, 0.15) is 24.1 Å². The molecule has 3 heteroatoms. The van der Waals surface area contributed by atoms with Gasteiger partial charge in [0.25, 0.3) is 0 Å². The molecule has 112 valence electrons. The number of hydrogen-bond donors (Lipinski definition) is 2. The van der Waals surface area contributed by atoms with E-state index in [1.54, 1.807) is 6.07 Å². The van der Waals surface area contributed by atoms with Crippen molar-refractivity contribution in [1.29, 1.82) is 0 Å². The van der Waals surface area contributed by atoms with Crippen LogP contribution in [0.3, 0.4) is 0 Å². The normalized spacial score (nSPS) is 12.5. The van der Waals surface area contributed by atoms with E-state index < -0.39 is 0 Å². The zero-order chi connectivity index (χ0) is 15.5. The average Bonchev–Trinajstić information content (AvgIpc) is 2.54. The Labute approximate surface area is 138 Å². The second kappa shape index (κ2) is 6.51. The lowest BCUT2D eigenvalue weighted by Gasteiger charge is -2.16. The van der Waals surface area contributed by atoms with Crippen LogP contribution in [0.15, 0.2) is 65.1 Å². The van der Waals surface area contributed by atoms with Gasteiger partial charge in [0.05, 0.1) is 0 Å². The largest absolute Gasteiger partial charge is 0.508 e. The molecule has 0 saturated carbocycles. The molecule has 3 aromatic carbocycles. The van der Waals surface area contributed by atoms with Crippen molar-refractivity contribution in [1.82, 2.24) is 5.32 Å². The number of halogens is 1. The number of benzene rings is 3. The Morgan fingerprint density at radius 1 is 1.00 bits per heavy atom. The Morgan fingerprint density at radius 3 is 2.50 bits per heavy atom. The topological polar surface area (TPSA) is 32.3 Å². The molecule has 3 rings (SSSR count). The van der Waals surface area contributed by atoms with Gasteiger partial charge in [-0.3, -0.25) is 0 Å². The van der Waals surface area contributed by atoms with Crippen molar-refractivity contribution in [2.75, 3.05) is 0 Å². The molecule has 0 aromatic heterocycles. The smallest absolute Gasteiger partial charge is 0.120 e. The summed E-state index contributed by atoms with van der Waals surface area (Å²) in [4.78, 5) is 0. The highest BCUT2D eigenvalue weighted by atomic mass is 79.9. The maximum Gasteiger partial charge on any atom is 0.120 e. The lowest BCUT2D eigenvalue weighted by molar-refractivity contribution is 0.462. The monoisotopic (exact) mass is 355 g/mol. The molecule has 0 fully saturated rings. The molecular weight excluding hydrogens is 338 g/mol. The molecule has 2 nitrogen and oxygen atoms in total. The van der Waals surface area contributed by atoms with Crippen molar-refractivity contribution in [2.24, 2.45) is 0 Å². The molecule has 1 atom stereocenters. The average molecular weight is 356 g/mol. The lowest BCUT2D eigenvalue weighted by Crippen LogP contribution is -2.18. The summed E-state index contributed by atoms with van der Waals surface area (Å²) >= 11 is 3.45. The van der Waals surface area contributed by atoms with Crippen LogP contribution in [0.25, 0.3) is 10.8 Å². The Bertz CT molecular complexity index is 783. The number of aromatic hydroxyl groups is 1. The van der Waals surface area contributed by atoms with Crippen molar-refractivity contribution in [3.05, 3.63) is 76.3 Å². The summed E-state index contributed by atoms with van der Waals surface area (Å²) in [6, 6.07) is 20.4. The fourth-order valence-corrected chi connectivity index (χ4v) is 2.90. The summed E-state index contributed by atoms with van der Waals surface area (Å²) in [7, 11) is 0. The van der Waals surface area contributed by atoms with Gasteiger partial charge in [0.2, 0.25) is 0 Å². The van der Waals surface area contributed by atoms with E-state index in [0.717, 1.165) is 20.8 Å². The minimum absolute atomic E-state index is 0.214. The molecule has 0 amide bonds. The first-order valence-electron chi connectivity index (χ1n) is 7.33. The van der Waals surface area contributed by atoms with Gasteiger partial charge in [-0.1, -0.05) is 58.4 Å². The van der Waals surface area contributed by atoms with Crippen LogP contribution < -0.4 is 5.32 Å². The molecule has 0 saturated heterocycles. The van der Waals surface area contributed by atoms with E-state index >= 15 is 0 Å². The van der Waals surface area contributed by atoms with Crippen LogP contribution in [-0.4, -0.2) is 5.11 Å². The van der Waals surface area contributed by atoms with Crippen molar-refractivity contribution in [2.45, 2.75) is 19.5 Å². The number of phenols is 1. The zero-order valence-corrected chi connectivity index (χ0v) is 14.0. The van der Waals surface area contributed by atoms with Crippen molar-refractivity contribution < 1.29 is 5.11 Å². The highest BCUT2D eigenvalue weighted by Crippen LogP contribution is 2.27. The molecule has 3 aromatic rings. The molecular formula is C19H18BrNO. The molecule has 0 spiro atoms. The highest BCUT2D eigenvalue weighted by Gasteiger charge is 2.09. The molecule has 22 heavy (non-hydrogen) atoms. The SMILES string of the molecule is C[C@H](NCc1c(O)ccc2ccccc12)c1ccc(Br)cc1. The molecule has 0 aliphatic rings. The van der Waals surface area contributed by atoms with E-state index in [1.165, 1.54) is 5.56 Å². The number of phenolic OH excluding ortho intramolecular Hbond substituents is 1. The molecule has 0 aliphatic carbocycles. The highest BCUT2D eigenvalue weighted by molar-refractivity contribution is 9.10. The second-order valence-corrected chi connectivity index (χ2v) is 6.35. The van der Waals surface area contributed by atoms with E-state index in [4.69, 9.17) is 0 Å². The van der Waals surface area contributed by atoms with Gasteiger partial charge in [-0.2, -0.15) is 0 Å². The standard InChI is InChI=1S/C19H18BrNO/c1-13(14-6-9-16(20)10-7-14)21-12-18-17-5-3-2-4-15(17)8-11-19(18)22/h2-11,13,21-22H,12H2,1H3/t13-/m0/s1. The van der Waals surface area contributed by atoms with Gasteiger partial charge in [-0.05, 0) is 41.5 Å². The van der Waals surface area contributed by atoms with E-state index in [9.17, 15) is 5.11 Å². The quantitative estimate of drug-likeness (QED) is 0.677. The molecule has 0 bridgehead atoms. The van der Waals surface area contributed by atoms with E-state index in [1.807, 2.05) is 30.3 Å². The number of rotatable bonds is 4. The Hall–Kier alpha value is -1.84. The molecule has 0 unspecified atom stereocenters. The summed E-state index contributed by atoms with van der Waals surface area (Å²) in [5, 5.41) is 15.9. The first kappa shape index (κ1) is 15.1. The Balaban J connectivity index is 1.81. The fraction of sp³-hybridized carbons (Fsp3) is 0.158. The van der Waals surface area contributed by atoms with E-state index in [-0.39, 0.29) is 6.04 Å². The Kier molecular flexibility index (Phi) is 4.46. The second-order valence-electron chi connectivity index (χ2n) is 5.44. The maximum atomic E-state index is 10.2. The van der Waals surface area contributed by atoms with Gasteiger partial charge in [0.1, 0.15) is 5.75 Å². The zero-order valence-electron chi connectivity index (χ0n) is 12.4. The summed E-state index contributed by atoms with van der Waals surface area (Å²) < 4.78 is 1.08. The summed E-state index contributed by atoms with van der Waals surface area (Å²) in [6.07, 6.45) is 0. The minimum Gasteiger partial charge on any atom is -0.508 e. The van der Waals surface area contributed by atoms with Crippen LogP contribution in [0.5, 0.6) is 5.75 Å². The van der Waals surface area contributed by atoms with Gasteiger partial charge in [0, 0.05) is 22.6 Å². The molecule has 0 radical (unpaired) electrons. The first-order valence-corrected chi connectivity index (χ1v) is 8.13. The lowest BCUT2D eigenvalue weighted by atomic mass is 10.0. The fourth-order valence-electron chi connectivity index (χ4n) is 2.63. The van der Waals surface area contributed by atoms with Crippen LogP contribution in [0.2, 0.25) is 0 Å². The van der Waals surface area contributed by atoms with Crippen LogP contribution >= 0.6 is 15.9 Å². The maximum absolute atomic E-state index is 10.2. The predicted molar refractivity (Wildman–Crippen MR) is 95.0 cm³/mol. The summed E-state index contributed by atoms with van der Waals surface area (Å²) in [5.74, 6) is 0.342. The van der Waals surface area contributed by atoms with Gasteiger partial charge in [-0.15, -0.1) is 0 Å². The van der Waals surface area contributed by atoms with Crippen molar-refractivity contribution >= 4 is 26.7 Å². The van der Waals surface area contributed by atoms with Gasteiger partial charge >= 0.3 is 0 Å². The molecule has 0 aliphatic heterocycles. The number of hydrogen-bond acceptors (Lipinski definition) is 2. The minimum atomic E-state index is 0.214. The summed E-state index contributed by atoms with van der Waals surface area (Å²) in [6.45, 7) is 2.76. The van der Waals surface area contributed by atoms with Gasteiger partial charge in [0.15, 0.2) is 0 Å². The Morgan fingerprint density at radius 2 is 1.73 bits per heavy atom. The number of fused-ring (bicyclic) bond motifs is 1. The third kappa shape index (κ3) is 3.16. The van der Waals surface area contributed by atoms with Gasteiger partial charge in [-0.25, -0.2) is 0 Å². The predicted octanol–water partition coefficient (Wildman–Crippen LogP) is 5.16. The third-order valence-electron chi connectivity index (χ3n) is 3.97. The van der Waals surface area contributed by atoms with E-state index in [0.29, 0.717) is 12.3 Å². The van der Waals surface area contributed by atoms with Crippen molar-refractivity contribution in [3.63, 3.8) is 0 Å². The van der Waals surface area contributed by atoms with Crippen LogP contribution in [0, 0.1) is 0 Å². The van der Waals surface area contributed by atoms with Crippen LogP contribution in [-0.2, 0) is 6.54 Å². The van der Waals surface area contributed by atoms with Gasteiger partial charge < -0.3 is 10.4 Å². The summed E-state index contributed by atoms with van der Waals surface area (Å²) in [5.41, 5.74) is 2.17. The molecule has 2 N–H and O–H groups in total. The van der Waals surface area contributed by atoms with Crippen molar-refractivity contribution in [3.8, 4) is 5.75 Å².